The van der Waals surface area contributed by atoms with Crippen LogP contribution in [0.2, 0.25) is 0 Å². The lowest BCUT2D eigenvalue weighted by atomic mass is 9.93. The average Bonchev–Trinajstić information content (AvgIpc) is 3.26. The third kappa shape index (κ3) is 5.12. The fourth-order valence-corrected chi connectivity index (χ4v) is 3.61. The molecule has 2 N–H and O–H groups in total. The summed E-state index contributed by atoms with van der Waals surface area (Å²) in [4.78, 5) is 23.0. The highest BCUT2D eigenvalue weighted by molar-refractivity contribution is 5.94. The Hall–Kier alpha value is -2.83. The second-order valence-electron chi connectivity index (χ2n) is 7.24. The van der Waals surface area contributed by atoms with Gasteiger partial charge in [-0.15, -0.1) is 0 Å². The van der Waals surface area contributed by atoms with E-state index in [2.05, 4.69) is 37.0 Å². The lowest BCUT2D eigenvalue weighted by Gasteiger charge is -2.39. The van der Waals surface area contributed by atoms with Gasteiger partial charge in [-0.25, -0.2) is 4.98 Å². The van der Waals surface area contributed by atoms with Crippen LogP contribution in [-0.2, 0) is 0 Å². The van der Waals surface area contributed by atoms with Gasteiger partial charge in [0.2, 0.25) is 0 Å². The number of imidazole rings is 1. The Morgan fingerprint density at radius 3 is 2.75 bits per heavy atom. The maximum absolute atomic E-state index is 12.1. The minimum Gasteiger partial charge on any atom is -0.356 e. The molecular weight excluding hydrogens is 352 g/mol. The van der Waals surface area contributed by atoms with Crippen LogP contribution in [-0.4, -0.2) is 59.5 Å². The molecule has 0 aliphatic carbocycles. The fourth-order valence-electron chi connectivity index (χ4n) is 3.61. The summed E-state index contributed by atoms with van der Waals surface area (Å²) in [5, 5.41) is 6.39. The van der Waals surface area contributed by atoms with E-state index in [9.17, 15) is 4.79 Å². The molecule has 1 aliphatic rings. The highest BCUT2D eigenvalue weighted by Gasteiger charge is 2.28. The first-order chi connectivity index (χ1) is 13.7. The molecule has 2 unspecified atom stereocenters. The number of hydrogen-bond donors (Lipinski definition) is 2. The first-order valence-electron chi connectivity index (χ1n) is 9.95. The molecule has 2 atom stereocenters. The topological polar surface area (TPSA) is 74.6 Å². The van der Waals surface area contributed by atoms with Crippen LogP contribution < -0.4 is 10.6 Å². The van der Waals surface area contributed by atoms with E-state index in [1.165, 1.54) is 0 Å². The summed E-state index contributed by atoms with van der Waals surface area (Å²) >= 11 is 0. The van der Waals surface area contributed by atoms with Crippen molar-refractivity contribution in [3.63, 3.8) is 0 Å². The van der Waals surface area contributed by atoms with E-state index in [1.54, 1.807) is 0 Å². The fraction of sp³-hybridized carbons (Fsp3) is 0.476. The molecule has 3 rings (SSSR count). The molecule has 1 amide bonds. The first-order valence-corrected chi connectivity index (χ1v) is 9.95. The molecule has 1 aromatic carbocycles. The molecule has 1 aromatic heterocycles. The number of likely N-dealkylation sites (tertiary alicyclic amines) is 1. The summed E-state index contributed by atoms with van der Waals surface area (Å²) < 4.78 is 2.20. The molecule has 7 heteroatoms. The average molecular weight is 383 g/mol. The van der Waals surface area contributed by atoms with E-state index in [0.717, 1.165) is 38.4 Å². The van der Waals surface area contributed by atoms with Crippen molar-refractivity contribution in [2.45, 2.75) is 25.8 Å². The van der Waals surface area contributed by atoms with Crippen LogP contribution in [0.5, 0.6) is 0 Å². The van der Waals surface area contributed by atoms with Crippen LogP contribution in [0.4, 0.5) is 0 Å². The summed E-state index contributed by atoms with van der Waals surface area (Å²) in [6.07, 6.45) is 7.73. The summed E-state index contributed by atoms with van der Waals surface area (Å²) in [6, 6.07) is 9.70. The molecule has 0 radical (unpaired) electrons. The molecule has 0 spiro atoms. The van der Waals surface area contributed by atoms with Gasteiger partial charge in [-0.05, 0) is 30.9 Å². The number of hydrogen-bond acceptors (Lipinski definition) is 3. The number of nitrogens with zero attached hydrogens (tertiary/aromatic N) is 4. The number of benzene rings is 1. The quantitative estimate of drug-likeness (QED) is 0.456. The molecular formula is C21H30N6O. The summed E-state index contributed by atoms with van der Waals surface area (Å²) in [6.45, 7) is 5.61. The Labute approximate surface area is 166 Å². The summed E-state index contributed by atoms with van der Waals surface area (Å²) in [7, 11) is 1.82. The Bertz CT molecular complexity index is 758. The summed E-state index contributed by atoms with van der Waals surface area (Å²) in [5.74, 6) is 1.50. The molecule has 0 bridgehead atoms. The maximum atomic E-state index is 12.1. The van der Waals surface area contributed by atoms with Crippen LogP contribution in [0.15, 0.2) is 54.0 Å². The molecule has 1 saturated heterocycles. The Morgan fingerprint density at radius 1 is 1.25 bits per heavy atom. The third-order valence-corrected chi connectivity index (χ3v) is 5.30. The van der Waals surface area contributed by atoms with E-state index in [0.29, 0.717) is 24.1 Å². The molecule has 150 valence electrons. The number of amides is 1. The predicted octanol–water partition coefficient (Wildman–Crippen LogP) is 2.16. The molecule has 1 aliphatic heterocycles. The van der Waals surface area contributed by atoms with Crippen molar-refractivity contribution in [2.24, 2.45) is 10.9 Å². The third-order valence-electron chi connectivity index (χ3n) is 5.30. The van der Waals surface area contributed by atoms with Crippen LogP contribution in [0.25, 0.3) is 0 Å². The number of piperidine rings is 1. The van der Waals surface area contributed by atoms with Gasteiger partial charge in [-0.3, -0.25) is 9.79 Å². The van der Waals surface area contributed by atoms with E-state index in [4.69, 9.17) is 0 Å². The number of guanidine groups is 1. The SMILES string of the molecule is CN=C(NCCCNC(=O)c1ccccc1)N1CCC(C)C(n2ccnc2)C1. The minimum absolute atomic E-state index is 0.0295. The smallest absolute Gasteiger partial charge is 0.251 e. The maximum Gasteiger partial charge on any atom is 0.251 e. The van der Waals surface area contributed by atoms with Crippen LogP contribution in [0, 0.1) is 5.92 Å². The molecule has 28 heavy (non-hydrogen) atoms. The van der Waals surface area contributed by atoms with Crippen molar-refractivity contribution >= 4 is 11.9 Å². The second-order valence-corrected chi connectivity index (χ2v) is 7.24. The molecule has 2 aromatic rings. The Morgan fingerprint density at radius 2 is 2.04 bits per heavy atom. The van der Waals surface area contributed by atoms with Crippen molar-refractivity contribution in [3.8, 4) is 0 Å². The zero-order valence-corrected chi connectivity index (χ0v) is 16.7. The van der Waals surface area contributed by atoms with Gasteiger partial charge in [-0.2, -0.15) is 0 Å². The van der Waals surface area contributed by atoms with Crippen molar-refractivity contribution in [1.82, 2.24) is 25.1 Å². The monoisotopic (exact) mass is 382 g/mol. The van der Waals surface area contributed by atoms with Gasteiger partial charge in [0.1, 0.15) is 0 Å². The normalized spacial score (nSPS) is 20.1. The standard InChI is InChI=1S/C21H30N6O/c1-17-9-13-26(15-19(17)27-14-12-23-16-27)21(22-2)25-11-6-10-24-20(28)18-7-4-3-5-8-18/h3-5,7-8,12,14,16-17,19H,6,9-11,13,15H2,1-2H3,(H,22,25)(H,24,28). The number of carbonyl (C=O) groups is 1. The molecule has 0 saturated carbocycles. The molecule has 2 heterocycles. The van der Waals surface area contributed by atoms with Gasteiger partial charge in [0, 0.05) is 51.2 Å². The Kier molecular flexibility index (Phi) is 7.06. The largest absolute Gasteiger partial charge is 0.356 e. The van der Waals surface area contributed by atoms with Gasteiger partial charge in [0.25, 0.3) is 5.91 Å². The lowest BCUT2D eigenvalue weighted by molar-refractivity contribution is 0.0953. The zero-order valence-electron chi connectivity index (χ0n) is 16.7. The van der Waals surface area contributed by atoms with Gasteiger partial charge < -0.3 is 20.1 Å². The lowest BCUT2D eigenvalue weighted by Crippen LogP contribution is -2.49. The van der Waals surface area contributed by atoms with Gasteiger partial charge in [-0.1, -0.05) is 25.1 Å². The van der Waals surface area contributed by atoms with Crippen molar-refractivity contribution in [1.29, 1.82) is 0 Å². The summed E-state index contributed by atoms with van der Waals surface area (Å²) in [5.41, 5.74) is 0.694. The molecule has 7 nitrogen and oxygen atoms in total. The second kappa shape index (κ2) is 9.92. The van der Waals surface area contributed by atoms with E-state index >= 15 is 0 Å². The highest BCUT2D eigenvalue weighted by Crippen LogP contribution is 2.27. The van der Waals surface area contributed by atoms with Crippen molar-refractivity contribution in [3.05, 3.63) is 54.6 Å². The molecule has 1 fully saturated rings. The van der Waals surface area contributed by atoms with E-state index in [1.807, 2.05) is 56.1 Å². The number of aromatic nitrogens is 2. The van der Waals surface area contributed by atoms with Crippen LogP contribution >= 0.6 is 0 Å². The number of aliphatic imine (C=N–C) groups is 1. The number of nitrogens with one attached hydrogen (secondary N) is 2. The number of carbonyl (C=O) groups excluding carboxylic acids is 1. The van der Waals surface area contributed by atoms with Gasteiger partial charge in [0.15, 0.2) is 5.96 Å². The van der Waals surface area contributed by atoms with E-state index in [-0.39, 0.29) is 5.91 Å². The van der Waals surface area contributed by atoms with Gasteiger partial charge >= 0.3 is 0 Å². The minimum atomic E-state index is -0.0295. The van der Waals surface area contributed by atoms with Crippen LogP contribution in [0.3, 0.4) is 0 Å². The van der Waals surface area contributed by atoms with E-state index < -0.39 is 0 Å². The van der Waals surface area contributed by atoms with Crippen molar-refractivity contribution in [2.75, 3.05) is 33.2 Å². The highest BCUT2D eigenvalue weighted by atomic mass is 16.1. The van der Waals surface area contributed by atoms with Crippen molar-refractivity contribution < 1.29 is 4.79 Å². The zero-order chi connectivity index (χ0) is 19.8. The first kappa shape index (κ1) is 19.9. The Balaban J connectivity index is 1.42. The van der Waals surface area contributed by atoms with Gasteiger partial charge in [0.05, 0.1) is 12.4 Å². The van der Waals surface area contributed by atoms with Crippen LogP contribution in [0.1, 0.15) is 36.2 Å². The predicted molar refractivity (Wildman–Crippen MR) is 111 cm³/mol. The number of rotatable bonds is 6.